The Bertz CT molecular complexity index is 1050. The first-order valence-electron chi connectivity index (χ1n) is 8.53. The van der Waals surface area contributed by atoms with Gasteiger partial charge in [0.2, 0.25) is 0 Å². The van der Waals surface area contributed by atoms with Crippen LogP contribution in [0.4, 0.5) is 0 Å². The Kier molecular flexibility index (Phi) is 3.15. The predicted octanol–water partition coefficient (Wildman–Crippen LogP) is 2.13. The zero-order chi connectivity index (χ0) is 17.1. The number of piperidine rings is 1. The van der Waals surface area contributed by atoms with Crippen LogP contribution in [0, 0.1) is 12.8 Å². The number of imidazole rings is 1. The van der Waals surface area contributed by atoms with Crippen LogP contribution in [0.1, 0.15) is 34.2 Å². The highest BCUT2D eigenvalue weighted by Gasteiger charge is 2.37. The van der Waals surface area contributed by atoms with Crippen LogP contribution in [0.3, 0.4) is 0 Å². The van der Waals surface area contributed by atoms with Gasteiger partial charge in [0.25, 0.3) is 11.5 Å². The van der Waals surface area contributed by atoms with Gasteiger partial charge in [-0.15, -0.1) is 11.3 Å². The number of thiazole rings is 1. The Morgan fingerprint density at radius 1 is 1.28 bits per heavy atom. The van der Waals surface area contributed by atoms with Gasteiger partial charge in [0.1, 0.15) is 5.69 Å². The van der Waals surface area contributed by atoms with E-state index in [4.69, 9.17) is 0 Å². The molecule has 3 aromatic heterocycles. The molecule has 0 saturated carbocycles. The average Bonchev–Trinajstić information content (AvgIpc) is 3.15. The smallest absolute Gasteiger partial charge is 0.272 e. The van der Waals surface area contributed by atoms with Crippen molar-refractivity contribution in [2.24, 2.45) is 5.92 Å². The Balaban J connectivity index is 1.51. The summed E-state index contributed by atoms with van der Waals surface area (Å²) in [5, 5.41) is 1.95. The van der Waals surface area contributed by atoms with E-state index in [0.29, 0.717) is 31.2 Å². The highest BCUT2D eigenvalue weighted by Crippen LogP contribution is 2.35. The second kappa shape index (κ2) is 5.29. The van der Waals surface area contributed by atoms with E-state index >= 15 is 0 Å². The molecule has 5 heterocycles. The molecule has 0 radical (unpaired) electrons. The molecule has 0 spiro atoms. The number of aromatic nitrogens is 3. The number of carbonyl (C=O) groups excluding carboxylic acids is 1. The zero-order valence-electron chi connectivity index (χ0n) is 13.9. The van der Waals surface area contributed by atoms with E-state index in [1.165, 1.54) is 11.3 Å². The molecular weight excluding hydrogens is 336 g/mol. The number of carbonyl (C=O) groups is 1. The second-order valence-electron chi connectivity index (χ2n) is 7.01. The lowest BCUT2D eigenvalue weighted by atomic mass is 9.83. The molecule has 7 heteroatoms. The van der Waals surface area contributed by atoms with Gasteiger partial charge < -0.3 is 9.47 Å². The molecule has 5 rings (SSSR count). The van der Waals surface area contributed by atoms with E-state index < -0.39 is 0 Å². The van der Waals surface area contributed by atoms with Gasteiger partial charge in [-0.3, -0.25) is 14.0 Å². The number of fused-ring (bicyclic) bond motifs is 5. The number of amides is 1. The van der Waals surface area contributed by atoms with Crippen LogP contribution in [-0.4, -0.2) is 37.8 Å². The minimum absolute atomic E-state index is 0.0461. The fraction of sp³-hybridized carbons (Fsp3) is 0.389. The maximum absolute atomic E-state index is 13.2. The topological polar surface area (TPSA) is 59.6 Å². The Morgan fingerprint density at radius 2 is 2.16 bits per heavy atom. The normalized spacial score (nSPS) is 22.2. The SMILES string of the molecule is Cc1nc2sccn2c1C(=O)N1CC2CC(C1)c1cccc(=O)n1C2. The van der Waals surface area contributed by atoms with Crippen molar-refractivity contribution in [3.05, 3.63) is 57.2 Å². The van der Waals surface area contributed by atoms with Crippen LogP contribution in [-0.2, 0) is 6.54 Å². The fourth-order valence-electron chi connectivity index (χ4n) is 4.36. The van der Waals surface area contributed by atoms with Gasteiger partial charge in [0, 0.05) is 48.9 Å². The van der Waals surface area contributed by atoms with Gasteiger partial charge in [-0.1, -0.05) is 6.07 Å². The Labute approximate surface area is 148 Å². The number of hydrogen-bond donors (Lipinski definition) is 0. The quantitative estimate of drug-likeness (QED) is 0.673. The summed E-state index contributed by atoms with van der Waals surface area (Å²) in [6.07, 6.45) is 2.96. The van der Waals surface area contributed by atoms with Crippen LogP contribution < -0.4 is 5.56 Å². The molecule has 1 saturated heterocycles. The predicted molar refractivity (Wildman–Crippen MR) is 95.3 cm³/mol. The summed E-state index contributed by atoms with van der Waals surface area (Å²) in [5.41, 5.74) is 2.58. The second-order valence-corrected chi connectivity index (χ2v) is 7.88. The lowest BCUT2D eigenvalue weighted by molar-refractivity contribution is 0.0587. The third-order valence-electron chi connectivity index (χ3n) is 5.41. The standard InChI is InChI=1S/C18H18N4O2S/c1-11-16(21-5-6-25-18(21)19-11)17(24)20-8-12-7-13(10-20)14-3-2-4-15(23)22(14)9-12/h2-6,12-13H,7-10H2,1H3. The van der Waals surface area contributed by atoms with Crippen molar-refractivity contribution in [3.8, 4) is 0 Å². The lowest BCUT2D eigenvalue weighted by Gasteiger charge is -2.42. The number of rotatable bonds is 1. The van der Waals surface area contributed by atoms with Crippen LogP contribution in [0.5, 0.6) is 0 Å². The van der Waals surface area contributed by atoms with Gasteiger partial charge in [0.15, 0.2) is 4.96 Å². The minimum Gasteiger partial charge on any atom is -0.336 e. The highest BCUT2D eigenvalue weighted by molar-refractivity contribution is 7.15. The van der Waals surface area contributed by atoms with Crippen molar-refractivity contribution < 1.29 is 4.79 Å². The molecule has 1 fully saturated rings. The summed E-state index contributed by atoms with van der Waals surface area (Å²) in [4.78, 5) is 32.6. The summed E-state index contributed by atoms with van der Waals surface area (Å²) in [5.74, 6) is 0.614. The van der Waals surface area contributed by atoms with Crippen LogP contribution in [0.25, 0.3) is 4.96 Å². The molecule has 2 atom stereocenters. The fourth-order valence-corrected chi connectivity index (χ4v) is 5.12. The van der Waals surface area contributed by atoms with E-state index in [-0.39, 0.29) is 17.4 Å². The van der Waals surface area contributed by atoms with Gasteiger partial charge in [-0.05, 0) is 25.3 Å². The molecule has 25 heavy (non-hydrogen) atoms. The van der Waals surface area contributed by atoms with Gasteiger partial charge in [-0.25, -0.2) is 4.98 Å². The van der Waals surface area contributed by atoms with Gasteiger partial charge >= 0.3 is 0 Å². The van der Waals surface area contributed by atoms with Crippen molar-refractivity contribution in [2.75, 3.05) is 13.1 Å². The maximum Gasteiger partial charge on any atom is 0.272 e. The Hall–Kier alpha value is -2.41. The minimum atomic E-state index is 0.0461. The summed E-state index contributed by atoms with van der Waals surface area (Å²) in [6.45, 7) is 3.96. The van der Waals surface area contributed by atoms with E-state index in [1.807, 2.05) is 44.5 Å². The van der Waals surface area contributed by atoms with Crippen molar-refractivity contribution in [1.82, 2.24) is 18.9 Å². The van der Waals surface area contributed by atoms with E-state index in [1.54, 1.807) is 6.07 Å². The van der Waals surface area contributed by atoms with E-state index in [0.717, 1.165) is 22.8 Å². The van der Waals surface area contributed by atoms with Crippen molar-refractivity contribution in [3.63, 3.8) is 0 Å². The molecular formula is C18H18N4O2S. The van der Waals surface area contributed by atoms with Gasteiger partial charge in [-0.2, -0.15) is 0 Å². The van der Waals surface area contributed by atoms with E-state index in [9.17, 15) is 9.59 Å². The molecule has 0 N–H and O–H groups in total. The largest absolute Gasteiger partial charge is 0.336 e. The molecule has 0 aliphatic carbocycles. The lowest BCUT2D eigenvalue weighted by Crippen LogP contribution is -2.49. The molecule has 2 aliphatic heterocycles. The van der Waals surface area contributed by atoms with Crippen molar-refractivity contribution in [2.45, 2.75) is 25.8 Å². The summed E-state index contributed by atoms with van der Waals surface area (Å²) in [6, 6.07) is 5.47. The molecule has 128 valence electrons. The maximum atomic E-state index is 13.2. The zero-order valence-corrected chi connectivity index (χ0v) is 14.7. The molecule has 2 unspecified atom stereocenters. The molecule has 0 aromatic carbocycles. The third-order valence-corrected chi connectivity index (χ3v) is 6.16. The molecule has 6 nitrogen and oxygen atoms in total. The number of nitrogens with zero attached hydrogens (tertiary/aromatic N) is 4. The summed E-state index contributed by atoms with van der Waals surface area (Å²) < 4.78 is 3.78. The first-order chi connectivity index (χ1) is 12.1. The third kappa shape index (κ3) is 2.18. The summed E-state index contributed by atoms with van der Waals surface area (Å²) >= 11 is 1.54. The van der Waals surface area contributed by atoms with Crippen molar-refractivity contribution >= 4 is 22.2 Å². The monoisotopic (exact) mass is 354 g/mol. The molecule has 2 aliphatic rings. The first-order valence-corrected chi connectivity index (χ1v) is 9.41. The highest BCUT2D eigenvalue weighted by atomic mass is 32.1. The first kappa shape index (κ1) is 14.9. The van der Waals surface area contributed by atoms with Gasteiger partial charge in [0.05, 0.1) is 5.69 Å². The summed E-state index contributed by atoms with van der Waals surface area (Å²) in [7, 11) is 0. The van der Waals surface area contributed by atoms with Crippen LogP contribution in [0.2, 0.25) is 0 Å². The molecule has 1 amide bonds. The average molecular weight is 354 g/mol. The number of likely N-dealkylation sites (tertiary alicyclic amines) is 1. The van der Waals surface area contributed by atoms with Crippen LogP contribution in [0.15, 0.2) is 34.6 Å². The molecule has 2 bridgehead atoms. The number of aryl methyl sites for hydroxylation is 1. The number of pyridine rings is 1. The van der Waals surface area contributed by atoms with Crippen LogP contribution >= 0.6 is 11.3 Å². The molecule has 3 aromatic rings. The Morgan fingerprint density at radius 3 is 3.04 bits per heavy atom. The number of hydrogen-bond acceptors (Lipinski definition) is 4. The van der Waals surface area contributed by atoms with E-state index in [2.05, 4.69) is 4.98 Å². The van der Waals surface area contributed by atoms with Crippen molar-refractivity contribution in [1.29, 1.82) is 0 Å².